The van der Waals surface area contributed by atoms with E-state index in [2.05, 4.69) is 53.6 Å². The standard InChI is InChI=1S/C15H26N4S/c1-11(19(4)13-6-7-13)9-17-15(16-3)18-10-14-8-5-12(2)20-14/h5,8,11,13H,6-7,9-10H2,1-4H3,(H2,16,17,18). The van der Waals surface area contributed by atoms with E-state index in [1.807, 2.05) is 18.4 Å². The smallest absolute Gasteiger partial charge is 0.191 e. The molecule has 1 heterocycles. The van der Waals surface area contributed by atoms with Crippen molar-refractivity contribution >= 4 is 17.3 Å². The first kappa shape index (κ1) is 15.3. The third kappa shape index (κ3) is 4.49. The highest BCUT2D eigenvalue weighted by atomic mass is 32.1. The van der Waals surface area contributed by atoms with Crippen LogP contribution in [0.3, 0.4) is 0 Å². The monoisotopic (exact) mass is 294 g/mol. The Bertz CT molecular complexity index is 450. The molecular weight excluding hydrogens is 268 g/mol. The van der Waals surface area contributed by atoms with Gasteiger partial charge >= 0.3 is 0 Å². The zero-order valence-corrected chi connectivity index (χ0v) is 13.8. The Balaban J connectivity index is 1.72. The number of hydrogen-bond donors (Lipinski definition) is 2. The highest BCUT2D eigenvalue weighted by Gasteiger charge is 2.28. The number of rotatable bonds is 6. The van der Waals surface area contributed by atoms with Crippen molar-refractivity contribution < 1.29 is 0 Å². The Kier molecular flexibility index (Phi) is 5.43. The maximum atomic E-state index is 4.28. The summed E-state index contributed by atoms with van der Waals surface area (Å²) < 4.78 is 0. The van der Waals surface area contributed by atoms with Crippen molar-refractivity contribution in [2.75, 3.05) is 20.6 Å². The van der Waals surface area contributed by atoms with Crippen molar-refractivity contribution in [3.63, 3.8) is 0 Å². The summed E-state index contributed by atoms with van der Waals surface area (Å²) in [5.74, 6) is 0.882. The molecule has 0 saturated heterocycles. The van der Waals surface area contributed by atoms with Gasteiger partial charge in [0.05, 0.1) is 6.54 Å². The minimum atomic E-state index is 0.532. The third-order valence-electron chi connectivity index (χ3n) is 3.83. The van der Waals surface area contributed by atoms with Gasteiger partial charge < -0.3 is 10.6 Å². The first-order valence-corrected chi connectivity index (χ1v) is 8.13. The summed E-state index contributed by atoms with van der Waals surface area (Å²) in [6, 6.07) is 5.66. The molecule has 1 atom stereocenters. The van der Waals surface area contributed by atoms with E-state index in [0.717, 1.165) is 25.1 Å². The van der Waals surface area contributed by atoms with Gasteiger partial charge in [0.2, 0.25) is 0 Å². The van der Waals surface area contributed by atoms with Crippen molar-refractivity contribution in [3.05, 3.63) is 21.9 Å². The van der Waals surface area contributed by atoms with Gasteiger partial charge in [-0.2, -0.15) is 0 Å². The number of likely N-dealkylation sites (N-methyl/N-ethyl adjacent to an activating group) is 1. The minimum Gasteiger partial charge on any atom is -0.355 e. The van der Waals surface area contributed by atoms with Gasteiger partial charge in [0.15, 0.2) is 5.96 Å². The maximum Gasteiger partial charge on any atom is 0.191 e. The molecule has 5 heteroatoms. The largest absolute Gasteiger partial charge is 0.355 e. The normalized spacial score (nSPS) is 17.4. The van der Waals surface area contributed by atoms with Gasteiger partial charge in [-0.05, 0) is 45.9 Å². The third-order valence-corrected chi connectivity index (χ3v) is 4.83. The van der Waals surface area contributed by atoms with Crippen molar-refractivity contribution in [3.8, 4) is 0 Å². The Morgan fingerprint density at radius 2 is 2.20 bits per heavy atom. The van der Waals surface area contributed by atoms with Gasteiger partial charge in [-0.25, -0.2) is 0 Å². The summed E-state index contributed by atoms with van der Waals surface area (Å²) in [4.78, 5) is 9.44. The first-order valence-electron chi connectivity index (χ1n) is 7.32. The molecule has 1 aromatic rings. The van der Waals surface area contributed by atoms with Crippen LogP contribution in [-0.2, 0) is 6.54 Å². The highest BCUT2D eigenvalue weighted by Crippen LogP contribution is 2.26. The average molecular weight is 294 g/mol. The van der Waals surface area contributed by atoms with Crippen molar-refractivity contribution in [2.45, 2.75) is 45.3 Å². The summed E-state index contributed by atoms with van der Waals surface area (Å²) in [5.41, 5.74) is 0. The number of nitrogens with one attached hydrogen (secondary N) is 2. The minimum absolute atomic E-state index is 0.532. The van der Waals surface area contributed by atoms with Crippen LogP contribution in [0.4, 0.5) is 0 Å². The van der Waals surface area contributed by atoms with Gasteiger partial charge in [0.25, 0.3) is 0 Å². The van der Waals surface area contributed by atoms with E-state index in [1.54, 1.807) is 0 Å². The van der Waals surface area contributed by atoms with Gasteiger partial charge in [-0.3, -0.25) is 9.89 Å². The van der Waals surface area contributed by atoms with E-state index < -0.39 is 0 Å². The fourth-order valence-corrected chi connectivity index (χ4v) is 3.03. The lowest BCUT2D eigenvalue weighted by atomic mass is 10.3. The Hall–Kier alpha value is -1.07. The molecule has 0 amide bonds. The second-order valence-electron chi connectivity index (χ2n) is 5.56. The molecule has 1 saturated carbocycles. The molecule has 4 nitrogen and oxygen atoms in total. The molecule has 1 aliphatic carbocycles. The van der Waals surface area contributed by atoms with Crippen LogP contribution in [0.2, 0.25) is 0 Å². The molecule has 0 radical (unpaired) electrons. The van der Waals surface area contributed by atoms with Crippen LogP contribution in [0.1, 0.15) is 29.5 Å². The van der Waals surface area contributed by atoms with Gasteiger partial charge in [0, 0.05) is 35.4 Å². The number of aliphatic imine (C=N–C) groups is 1. The lowest BCUT2D eigenvalue weighted by Gasteiger charge is -2.25. The van der Waals surface area contributed by atoms with Gasteiger partial charge in [-0.1, -0.05) is 0 Å². The van der Waals surface area contributed by atoms with Crippen LogP contribution in [0.15, 0.2) is 17.1 Å². The van der Waals surface area contributed by atoms with Crippen LogP contribution < -0.4 is 10.6 Å². The lowest BCUT2D eigenvalue weighted by Crippen LogP contribution is -2.45. The van der Waals surface area contributed by atoms with Crippen LogP contribution in [0.5, 0.6) is 0 Å². The molecular formula is C15H26N4S. The molecule has 1 aromatic heterocycles. The molecule has 1 aliphatic rings. The fraction of sp³-hybridized carbons (Fsp3) is 0.667. The van der Waals surface area contributed by atoms with Crippen molar-refractivity contribution in [1.82, 2.24) is 15.5 Å². The number of hydrogen-bond acceptors (Lipinski definition) is 3. The molecule has 112 valence electrons. The average Bonchev–Trinajstić information content (AvgIpc) is 3.21. The predicted molar refractivity (Wildman–Crippen MR) is 87.5 cm³/mol. The molecule has 0 aliphatic heterocycles. The zero-order valence-electron chi connectivity index (χ0n) is 12.9. The fourth-order valence-electron chi connectivity index (χ4n) is 2.20. The Morgan fingerprint density at radius 3 is 2.75 bits per heavy atom. The molecule has 2 rings (SSSR count). The molecule has 20 heavy (non-hydrogen) atoms. The van der Waals surface area contributed by atoms with Crippen LogP contribution >= 0.6 is 11.3 Å². The molecule has 2 N–H and O–H groups in total. The van der Waals surface area contributed by atoms with E-state index in [0.29, 0.717) is 6.04 Å². The van der Waals surface area contributed by atoms with Crippen LogP contribution in [0.25, 0.3) is 0 Å². The van der Waals surface area contributed by atoms with E-state index in [9.17, 15) is 0 Å². The molecule has 0 spiro atoms. The quantitative estimate of drug-likeness (QED) is 0.624. The summed E-state index contributed by atoms with van der Waals surface area (Å²) in [5, 5.41) is 6.78. The van der Waals surface area contributed by atoms with Crippen LogP contribution in [0, 0.1) is 6.92 Å². The summed E-state index contributed by atoms with van der Waals surface area (Å²) in [7, 11) is 4.04. The predicted octanol–water partition coefficient (Wildman–Crippen LogP) is 2.20. The molecule has 1 unspecified atom stereocenters. The molecule has 1 fully saturated rings. The van der Waals surface area contributed by atoms with Gasteiger partial charge in [0.1, 0.15) is 0 Å². The number of aryl methyl sites for hydroxylation is 1. The summed E-state index contributed by atoms with van der Waals surface area (Å²) in [6.45, 7) is 6.17. The van der Waals surface area contributed by atoms with Crippen LogP contribution in [-0.4, -0.2) is 43.6 Å². The van der Waals surface area contributed by atoms with Crippen molar-refractivity contribution in [2.24, 2.45) is 4.99 Å². The number of nitrogens with zero attached hydrogens (tertiary/aromatic N) is 2. The lowest BCUT2D eigenvalue weighted by molar-refractivity contribution is 0.247. The van der Waals surface area contributed by atoms with Crippen molar-refractivity contribution in [1.29, 1.82) is 0 Å². The Labute approximate surface area is 126 Å². The second-order valence-corrected chi connectivity index (χ2v) is 6.94. The van der Waals surface area contributed by atoms with E-state index in [1.165, 1.54) is 22.6 Å². The van der Waals surface area contributed by atoms with E-state index in [4.69, 9.17) is 0 Å². The molecule has 0 aromatic carbocycles. The zero-order chi connectivity index (χ0) is 14.5. The first-order chi connectivity index (χ1) is 9.60. The Morgan fingerprint density at radius 1 is 1.45 bits per heavy atom. The topological polar surface area (TPSA) is 39.7 Å². The van der Waals surface area contributed by atoms with E-state index in [-0.39, 0.29) is 0 Å². The number of thiophene rings is 1. The summed E-state index contributed by atoms with van der Waals surface area (Å²) in [6.07, 6.45) is 2.71. The SMILES string of the molecule is CN=C(NCc1ccc(C)s1)NCC(C)N(C)C1CC1. The van der Waals surface area contributed by atoms with E-state index >= 15 is 0 Å². The second kappa shape index (κ2) is 7.09. The molecule has 0 bridgehead atoms. The number of guanidine groups is 1. The van der Waals surface area contributed by atoms with Gasteiger partial charge in [-0.15, -0.1) is 11.3 Å². The maximum absolute atomic E-state index is 4.28. The summed E-state index contributed by atoms with van der Waals surface area (Å²) >= 11 is 1.83. The highest BCUT2D eigenvalue weighted by molar-refractivity contribution is 7.11.